The van der Waals surface area contributed by atoms with E-state index in [0.717, 1.165) is 24.1 Å². The van der Waals surface area contributed by atoms with E-state index in [9.17, 15) is 4.79 Å². The topological polar surface area (TPSA) is 55.1 Å². The first-order valence-electron chi connectivity index (χ1n) is 5.85. The number of nitrogens with two attached hydrogens (primary N) is 1. The Morgan fingerprint density at radius 2 is 2.06 bits per heavy atom. The maximum atomic E-state index is 11.5. The van der Waals surface area contributed by atoms with E-state index < -0.39 is 0 Å². The quantitative estimate of drug-likeness (QED) is 0.778. The molecule has 3 heteroatoms. The van der Waals surface area contributed by atoms with Crippen molar-refractivity contribution in [2.45, 2.75) is 26.2 Å². The number of anilines is 1. The largest absolute Gasteiger partial charge is 0.326 e. The van der Waals surface area contributed by atoms with Gasteiger partial charge in [-0.2, -0.15) is 0 Å². The van der Waals surface area contributed by atoms with Crippen molar-refractivity contribution in [1.29, 1.82) is 0 Å². The van der Waals surface area contributed by atoms with Gasteiger partial charge in [0.25, 0.3) is 0 Å². The zero-order chi connectivity index (χ0) is 12.5. The van der Waals surface area contributed by atoms with Crippen LogP contribution in [0.5, 0.6) is 0 Å². The number of carbonyl (C=O) groups is 1. The van der Waals surface area contributed by atoms with E-state index >= 15 is 0 Å². The maximum Gasteiger partial charge on any atom is 0.224 e. The van der Waals surface area contributed by atoms with Crippen LogP contribution < -0.4 is 11.1 Å². The summed E-state index contributed by atoms with van der Waals surface area (Å²) in [6.07, 6.45) is 2.53. The molecule has 0 saturated carbocycles. The van der Waals surface area contributed by atoms with Crippen LogP contribution in [0.1, 0.15) is 31.7 Å². The molecule has 90 valence electrons. The predicted octanol–water partition coefficient (Wildman–Crippen LogP) is 2.13. The first-order chi connectivity index (χ1) is 8.26. The summed E-state index contributed by atoms with van der Waals surface area (Å²) in [5.41, 5.74) is 7.00. The van der Waals surface area contributed by atoms with Gasteiger partial charge >= 0.3 is 0 Å². The van der Waals surface area contributed by atoms with Gasteiger partial charge in [0, 0.05) is 17.7 Å². The Morgan fingerprint density at radius 3 is 2.65 bits per heavy atom. The highest BCUT2D eigenvalue weighted by Gasteiger charge is 2.00. The average molecular weight is 230 g/mol. The Bertz CT molecular complexity index is 412. The van der Waals surface area contributed by atoms with E-state index in [1.165, 1.54) is 0 Å². The van der Waals surface area contributed by atoms with Crippen molar-refractivity contribution in [3.05, 3.63) is 29.8 Å². The minimum Gasteiger partial charge on any atom is -0.326 e. The molecule has 0 atom stereocenters. The van der Waals surface area contributed by atoms with Gasteiger partial charge in [0.2, 0.25) is 5.91 Å². The molecule has 3 nitrogen and oxygen atoms in total. The van der Waals surface area contributed by atoms with Gasteiger partial charge in [-0.1, -0.05) is 25.2 Å². The molecular formula is C14H18N2O. The van der Waals surface area contributed by atoms with Crippen LogP contribution in [0.2, 0.25) is 0 Å². The minimum absolute atomic E-state index is 0.0626. The van der Waals surface area contributed by atoms with Gasteiger partial charge < -0.3 is 11.1 Å². The normalized spacial score (nSPS) is 9.29. The van der Waals surface area contributed by atoms with Gasteiger partial charge in [0.05, 0.1) is 6.54 Å². The van der Waals surface area contributed by atoms with Gasteiger partial charge in [0.1, 0.15) is 0 Å². The third kappa shape index (κ3) is 5.19. The SMILES string of the molecule is CCCCC(=O)Nc1ccc(C#CCN)cc1. The molecule has 1 aromatic rings. The number of amides is 1. The molecule has 0 heterocycles. The molecule has 0 bridgehead atoms. The molecule has 0 aliphatic heterocycles. The molecule has 0 unspecified atom stereocenters. The zero-order valence-electron chi connectivity index (χ0n) is 10.1. The first kappa shape index (κ1) is 13.3. The molecule has 0 aliphatic carbocycles. The van der Waals surface area contributed by atoms with Gasteiger partial charge in [0.15, 0.2) is 0 Å². The molecule has 1 rings (SSSR count). The van der Waals surface area contributed by atoms with Crippen LogP contribution in [0.15, 0.2) is 24.3 Å². The molecule has 0 radical (unpaired) electrons. The first-order valence-corrected chi connectivity index (χ1v) is 5.85. The summed E-state index contributed by atoms with van der Waals surface area (Å²) in [5.74, 6) is 5.78. The lowest BCUT2D eigenvalue weighted by Crippen LogP contribution is -2.10. The van der Waals surface area contributed by atoms with E-state index in [1.807, 2.05) is 24.3 Å². The van der Waals surface area contributed by atoms with Crippen molar-refractivity contribution >= 4 is 11.6 Å². The van der Waals surface area contributed by atoms with Crippen LogP contribution in [0, 0.1) is 11.8 Å². The van der Waals surface area contributed by atoms with Gasteiger partial charge in [-0.05, 0) is 30.7 Å². The Kier molecular flexibility index (Phi) is 5.84. The van der Waals surface area contributed by atoms with E-state index in [-0.39, 0.29) is 5.91 Å². The van der Waals surface area contributed by atoms with Crippen LogP contribution in [0.25, 0.3) is 0 Å². The summed E-state index contributed by atoms with van der Waals surface area (Å²) >= 11 is 0. The monoisotopic (exact) mass is 230 g/mol. The second kappa shape index (κ2) is 7.48. The van der Waals surface area contributed by atoms with Crippen molar-refractivity contribution in [2.24, 2.45) is 5.73 Å². The number of hydrogen-bond acceptors (Lipinski definition) is 2. The summed E-state index contributed by atoms with van der Waals surface area (Å²) in [4.78, 5) is 11.5. The second-order valence-electron chi connectivity index (χ2n) is 3.73. The van der Waals surface area contributed by atoms with E-state index in [2.05, 4.69) is 24.1 Å². The predicted molar refractivity (Wildman–Crippen MR) is 70.5 cm³/mol. The van der Waals surface area contributed by atoms with Crippen molar-refractivity contribution in [2.75, 3.05) is 11.9 Å². The van der Waals surface area contributed by atoms with Gasteiger partial charge in [-0.25, -0.2) is 0 Å². The number of rotatable bonds is 4. The van der Waals surface area contributed by atoms with E-state index in [0.29, 0.717) is 13.0 Å². The third-order valence-corrected chi connectivity index (χ3v) is 2.26. The number of carbonyl (C=O) groups excluding carboxylic acids is 1. The second-order valence-corrected chi connectivity index (χ2v) is 3.73. The number of hydrogen-bond donors (Lipinski definition) is 2. The highest BCUT2D eigenvalue weighted by molar-refractivity contribution is 5.90. The number of unbranched alkanes of at least 4 members (excludes halogenated alkanes) is 1. The molecule has 3 N–H and O–H groups in total. The van der Waals surface area contributed by atoms with Crippen molar-refractivity contribution in [1.82, 2.24) is 0 Å². The molecule has 17 heavy (non-hydrogen) atoms. The summed E-state index contributed by atoms with van der Waals surface area (Å²) in [5, 5.41) is 2.85. The van der Waals surface area contributed by atoms with E-state index in [1.54, 1.807) is 0 Å². The Hall–Kier alpha value is -1.79. The lowest BCUT2D eigenvalue weighted by molar-refractivity contribution is -0.116. The Labute approximate surface area is 102 Å². The van der Waals surface area contributed by atoms with Crippen molar-refractivity contribution < 1.29 is 4.79 Å². The highest BCUT2D eigenvalue weighted by atomic mass is 16.1. The van der Waals surface area contributed by atoms with Crippen molar-refractivity contribution in [3.8, 4) is 11.8 Å². The van der Waals surface area contributed by atoms with Crippen LogP contribution in [0.4, 0.5) is 5.69 Å². The Balaban J connectivity index is 2.53. The molecule has 0 spiro atoms. The van der Waals surface area contributed by atoms with E-state index in [4.69, 9.17) is 5.73 Å². The molecule has 0 aromatic heterocycles. The summed E-state index contributed by atoms with van der Waals surface area (Å²) in [6, 6.07) is 7.45. The lowest BCUT2D eigenvalue weighted by atomic mass is 10.2. The maximum absolute atomic E-state index is 11.5. The Morgan fingerprint density at radius 1 is 1.35 bits per heavy atom. The smallest absolute Gasteiger partial charge is 0.224 e. The lowest BCUT2D eigenvalue weighted by Gasteiger charge is -2.04. The van der Waals surface area contributed by atoms with Gasteiger partial charge in [-0.15, -0.1) is 0 Å². The molecule has 0 fully saturated rings. The van der Waals surface area contributed by atoms with Crippen molar-refractivity contribution in [3.63, 3.8) is 0 Å². The number of benzene rings is 1. The highest BCUT2D eigenvalue weighted by Crippen LogP contribution is 2.09. The van der Waals surface area contributed by atoms with Gasteiger partial charge in [-0.3, -0.25) is 4.79 Å². The molecular weight excluding hydrogens is 212 g/mol. The molecule has 0 saturated heterocycles. The summed E-state index contributed by atoms with van der Waals surface area (Å²) < 4.78 is 0. The van der Waals surface area contributed by atoms with Crippen LogP contribution in [-0.2, 0) is 4.79 Å². The molecule has 0 aliphatic rings. The fourth-order valence-corrected chi connectivity index (χ4v) is 1.35. The fraction of sp³-hybridized carbons (Fsp3) is 0.357. The fourth-order valence-electron chi connectivity index (χ4n) is 1.35. The van der Waals surface area contributed by atoms with Crippen LogP contribution >= 0.6 is 0 Å². The summed E-state index contributed by atoms with van der Waals surface area (Å²) in [7, 11) is 0. The zero-order valence-corrected chi connectivity index (χ0v) is 10.1. The third-order valence-electron chi connectivity index (χ3n) is 2.26. The average Bonchev–Trinajstić information content (AvgIpc) is 2.35. The van der Waals surface area contributed by atoms with Crippen LogP contribution in [-0.4, -0.2) is 12.5 Å². The molecule has 1 aromatic carbocycles. The van der Waals surface area contributed by atoms with Crippen LogP contribution in [0.3, 0.4) is 0 Å². The minimum atomic E-state index is 0.0626. The summed E-state index contributed by atoms with van der Waals surface area (Å²) in [6.45, 7) is 2.42. The number of nitrogens with one attached hydrogen (secondary N) is 1. The molecule has 1 amide bonds. The standard InChI is InChI=1S/C14H18N2O/c1-2-3-6-14(17)16-13-9-7-12(8-10-13)5-4-11-15/h7-10H,2-3,6,11,15H2,1H3,(H,16,17).